The third-order valence-corrected chi connectivity index (χ3v) is 4.91. The molecule has 4 rings (SSSR count). The van der Waals surface area contributed by atoms with Crippen LogP contribution in [0.15, 0.2) is 30.7 Å². The largest absolute Gasteiger partial charge is 0.313 e. The lowest BCUT2D eigenvalue weighted by Crippen LogP contribution is -2.17. The van der Waals surface area contributed by atoms with Gasteiger partial charge in [0.25, 0.3) is 0 Å². The molecule has 8 heteroatoms. The first-order valence-corrected chi connectivity index (χ1v) is 9.09. The minimum Gasteiger partial charge on any atom is -0.313 e. The third-order valence-electron chi connectivity index (χ3n) is 4.91. The van der Waals surface area contributed by atoms with Gasteiger partial charge in [0, 0.05) is 25.4 Å². The van der Waals surface area contributed by atoms with E-state index >= 15 is 0 Å². The molecule has 2 heterocycles. The number of nitrogens with one attached hydrogen (secondary N) is 2. The molecule has 2 aromatic heterocycles. The van der Waals surface area contributed by atoms with E-state index in [2.05, 4.69) is 30.7 Å². The van der Waals surface area contributed by atoms with Gasteiger partial charge in [-0.1, -0.05) is 6.42 Å². The molecule has 0 spiro atoms. The second-order valence-electron chi connectivity index (χ2n) is 6.75. The quantitative estimate of drug-likeness (QED) is 0.690. The number of benzene rings is 1. The lowest BCUT2D eigenvalue weighted by atomic mass is 9.96. The highest BCUT2D eigenvalue weighted by Crippen LogP contribution is 2.33. The van der Waals surface area contributed by atoms with Gasteiger partial charge in [0.1, 0.15) is 12.1 Å². The number of rotatable bonds is 4. The topological polar surface area (TPSA) is 80.5 Å². The Labute approximate surface area is 157 Å². The molecule has 1 aliphatic carbocycles. The van der Waals surface area contributed by atoms with Crippen molar-refractivity contribution in [2.75, 3.05) is 12.4 Å². The molecule has 0 saturated carbocycles. The van der Waals surface area contributed by atoms with E-state index < -0.39 is 0 Å². The summed E-state index contributed by atoms with van der Waals surface area (Å²) in [7, 11) is 3.75. The lowest BCUT2D eigenvalue weighted by Gasteiger charge is -2.18. The highest BCUT2D eigenvalue weighted by molar-refractivity contribution is 5.60. The summed E-state index contributed by atoms with van der Waals surface area (Å²) in [6.07, 6.45) is 7.38. The van der Waals surface area contributed by atoms with Gasteiger partial charge in [0.2, 0.25) is 5.95 Å². The van der Waals surface area contributed by atoms with Crippen LogP contribution in [0.4, 0.5) is 16.2 Å². The van der Waals surface area contributed by atoms with Crippen LogP contribution in [0.1, 0.15) is 36.4 Å². The first-order valence-electron chi connectivity index (χ1n) is 9.09. The Morgan fingerprint density at radius 2 is 2.11 bits per heavy atom. The fraction of sp³-hybridized carbons (Fsp3) is 0.368. The molecule has 27 heavy (non-hydrogen) atoms. The van der Waals surface area contributed by atoms with Crippen molar-refractivity contribution in [1.29, 1.82) is 0 Å². The summed E-state index contributed by atoms with van der Waals surface area (Å²) in [5.41, 5.74) is 2.59. The van der Waals surface area contributed by atoms with Crippen molar-refractivity contribution < 1.29 is 4.39 Å². The van der Waals surface area contributed by atoms with E-state index in [0.717, 1.165) is 36.8 Å². The molecule has 1 aliphatic rings. The summed E-state index contributed by atoms with van der Waals surface area (Å²) in [5, 5.41) is 10.6. The van der Waals surface area contributed by atoms with E-state index in [1.807, 2.05) is 32.4 Å². The molecule has 0 radical (unpaired) electrons. The van der Waals surface area contributed by atoms with Gasteiger partial charge >= 0.3 is 0 Å². The van der Waals surface area contributed by atoms with Gasteiger partial charge in [-0.25, -0.2) is 14.4 Å². The number of hydrogen-bond acceptors (Lipinski definition) is 6. The highest BCUT2D eigenvalue weighted by Gasteiger charge is 2.21. The van der Waals surface area contributed by atoms with E-state index in [-0.39, 0.29) is 11.9 Å². The zero-order valence-corrected chi connectivity index (χ0v) is 15.4. The molecule has 1 atom stereocenters. The first-order chi connectivity index (χ1) is 13.1. The van der Waals surface area contributed by atoms with Crippen LogP contribution in [0, 0.1) is 5.82 Å². The predicted molar refractivity (Wildman–Crippen MR) is 101 cm³/mol. The van der Waals surface area contributed by atoms with Gasteiger partial charge in [-0.2, -0.15) is 10.1 Å². The summed E-state index contributed by atoms with van der Waals surface area (Å²) in [4.78, 5) is 12.7. The summed E-state index contributed by atoms with van der Waals surface area (Å²) in [5.74, 6) is 0.954. The molecule has 1 aromatic carbocycles. The average Bonchev–Trinajstić information content (AvgIpc) is 2.96. The highest BCUT2D eigenvalue weighted by atomic mass is 19.1. The standard InChI is InChI=1S/C19H22FN7/c1-21-16-6-4-3-5-12-9-14(15(20)10-13(12)16)18-22-11-23-19(25-18)24-17-7-8-27(2)26-17/h7-11,16,21H,3-6H2,1-2H3,(H,22,23,24,25,26). The fourth-order valence-electron chi connectivity index (χ4n) is 3.55. The molecule has 0 bridgehead atoms. The van der Waals surface area contributed by atoms with Crippen LogP contribution in [-0.4, -0.2) is 31.8 Å². The monoisotopic (exact) mass is 367 g/mol. The number of nitrogens with zero attached hydrogens (tertiary/aromatic N) is 5. The average molecular weight is 367 g/mol. The zero-order valence-electron chi connectivity index (χ0n) is 15.4. The van der Waals surface area contributed by atoms with Crippen molar-refractivity contribution in [3.8, 4) is 11.4 Å². The number of hydrogen-bond donors (Lipinski definition) is 2. The Hall–Kier alpha value is -2.87. The van der Waals surface area contributed by atoms with E-state index in [9.17, 15) is 4.39 Å². The number of aryl methyl sites for hydroxylation is 2. The van der Waals surface area contributed by atoms with Crippen LogP contribution in [0.2, 0.25) is 0 Å². The molecule has 1 unspecified atom stereocenters. The summed E-state index contributed by atoms with van der Waals surface area (Å²) < 4.78 is 16.6. The third kappa shape index (κ3) is 3.66. The summed E-state index contributed by atoms with van der Waals surface area (Å²) in [6.45, 7) is 0. The maximum Gasteiger partial charge on any atom is 0.231 e. The van der Waals surface area contributed by atoms with Gasteiger partial charge in [-0.3, -0.25) is 4.68 Å². The predicted octanol–water partition coefficient (Wildman–Crippen LogP) is 3.14. The molecular formula is C19H22FN7. The molecular weight excluding hydrogens is 345 g/mol. The molecule has 0 fully saturated rings. The second kappa shape index (κ2) is 7.40. The van der Waals surface area contributed by atoms with Gasteiger partial charge in [0.05, 0.1) is 5.56 Å². The molecule has 3 aromatic rings. The van der Waals surface area contributed by atoms with Crippen molar-refractivity contribution in [3.63, 3.8) is 0 Å². The van der Waals surface area contributed by atoms with Gasteiger partial charge in [0.15, 0.2) is 11.6 Å². The van der Waals surface area contributed by atoms with Crippen LogP contribution in [-0.2, 0) is 13.5 Å². The van der Waals surface area contributed by atoms with Gasteiger partial charge < -0.3 is 10.6 Å². The van der Waals surface area contributed by atoms with Crippen molar-refractivity contribution in [3.05, 3.63) is 47.7 Å². The summed E-state index contributed by atoms with van der Waals surface area (Å²) in [6, 6.07) is 5.52. The molecule has 7 nitrogen and oxygen atoms in total. The van der Waals surface area contributed by atoms with Crippen molar-refractivity contribution in [2.24, 2.45) is 7.05 Å². The lowest BCUT2D eigenvalue weighted by molar-refractivity contribution is 0.529. The van der Waals surface area contributed by atoms with E-state index in [0.29, 0.717) is 23.2 Å². The van der Waals surface area contributed by atoms with Gasteiger partial charge in [-0.05, 0) is 49.6 Å². The van der Waals surface area contributed by atoms with Crippen LogP contribution in [0.5, 0.6) is 0 Å². The number of aromatic nitrogens is 5. The first kappa shape index (κ1) is 17.5. The zero-order chi connectivity index (χ0) is 18.8. The normalized spacial score (nSPS) is 16.6. The maximum absolute atomic E-state index is 14.9. The van der Waals surface area contributed by atoms with E-state index in [1.54, 1.807) is 10.7 Å². The Morgan fingerprint density at radius 1 is 1.22 bits per heavy atom. The number of fused-ring (bicyclic) bond motifs is 1. The molecule has 0 saturated heterocycles. The molecule has 0 amide bonds. The second-order valence-corrected chi connectivity index (χ2v) is 6.75. The minimum absolute atomic E-state index is 0.186. The SMILES string of the molecule is CNC1CCCCc2cc(-c3ncnc(Nc4ccn(C)n4)n3)c(F)cc21. The Balaban J connectivity index is 1.69. The van der Waals surface area contributed by atoms with Crippen molar-refractivity contribution >= 4 is 11.8 Å². The molecule has 2 N–H and O–H groups in total. The van der Waals surface area contributed by atoms with Crippen molar-refractivity contribution in [1.82, 2.24) is 30.0 Å². The van der Waals surface area contributed by atoms with Crippen LogP contribution in [0.25, 0.3) is 11.4 Å². The Morgan fingerprint density at radius 3 is 2.89 bits per heavy atom. The van der Waals surface area contributed by atoms with Crippen LogP contribution in [0.3, 0.4) is 0 Å². The fourth-order valence-corrected chi connectivity index (χ4v) is 3.55. The number of anilines is 2. The van der Waals surface area contributed by atoms with Crippen molar-refractivity contribution in [2.45, 2.75) is 31.7 Å². The maximum atomic E-state index is 14.9. The number of halogens is 1. The van der Waals surface area contributed by atoms with Gasteiger partial charge in [-0.15, -0.1) is 0 Å². The smallest absolute Gasteiger partial charge is 0.231 e. The Kier molecular flexibility index (Phi) is 4.81. The van der Waals surface area contributed by atoms with E-state index in [1.165, 1.54) is 6.33 Å². The van der Waals surface area contributed by atoms with E-state index in [4.69, 9.17) is 0 Å². The minimum atomic E-state index is -0.314. The molecule has 140 valence electrons. The Bertz CT molecular complexity index is 953. The molecule has 0 aliphatic heterocycles. The summed E-state index contributed by atoms with van der Waals surface area (Å²) >= 11 is 0. The van der Waals surface area contributed by atoms with Crippen LogP contribution < -0.4 is 10.6 Å². The van der Waals surface area contributed by atoms with Crippen LogP contribution >= 0.6 is 0 Å².